The van der Waals surface area contributed by atoms with Crippen molar-refractivity contribution < 1.29 is 46.9 Å². The summed E-state index contributed by atoms with van der Waals surface area (Å²) in [7, 11) is -4.51. The lowest BCUT2D eigenvalue weighted by Crippen LogP contribution is -2.64. The molecule has 6 fully saturated rings. The number of hydrogen-bond acceptors (Lipinski definition) is 10. The molecule has 0 spiro atoms. The molecule has 12 heteroatoms. The number of carbonyl (C=O) groups excluding carboxylic acids is 2. The van der Waals surface area contributed by atoms with Crippen molar-refractivity contribution >= 4 is 28.7 Å². The first-order valence-corrected chi connectivity index (χ1v) is 35.7. The van der Waals surface area contributed by atoms with Crippen LogP contribution >= 0.6 is 0 Å². The first kappa shape index (κ1) is 61.5. The van der Waals surface area contributed by atoms with Crippen LogP contribution in [0.3, 0.4) is 0 Å². The van der Waals surface area contributed by atoms with Gasteiger partial charge in [-0.05, 0) is 143 Å². The van der Waals surface area contributed by atoms with Gasteiger partial charge in [-0.1, -0.05) is 118 Å². The number of ketones is 1. The Bertz CT molecular complexity index is 2140. The Labute approximate surface area is 463 Å². The van der Waals surface area contributed by atoms with Gasteiger partial charge in [0.05, 0.1) is 78.8 Å². The lowest BCUT2D eigenvalue weighted by Gasteiger charge is -2.54. The molecular formula is C64H104O10Si2. The molecule has 7 rings (SSSR count). The van der Waals surface area contributed by atoms with E-state index in [2.05, 4.69) is 159 Å². The average Bonchev–Trinajstić information content (AvgIpc) is 3.98. The SMILES string of the molecule is C=C1C[C@H](CCC=O)O[C@H]1CC[C@H]1C[C@@H](C)C(=C)[C@@H](C[C@@H]2O[C@H](C[C@H]3CCC(C)(C)O3)[C@H](C)[C@H]2C(C(=O)C[C@H]2CCC3O[C@@H]([C@H](/C=C/C)O[Si](C)(C)C(C)(C)C)[C@@H](O[Si](C)(C)C(C)(C)C)[C@@H](C)[C@H]3O2)c2ccccc2)O1. The van der Waals surface area contributed by atoms with Crippen molar-refractivity contribution in [3.05, 3.63) is 72.4 Å². The van der Waals surface area contributed by atoms with Crippen molar-refractivity contribution in [3.63, 3.8) is 0 Å². The number of rotatable bonds is 21. The molecule has 0 aromatic heterocycles. The fourth-order valence-electron chi connectivity index (χ4n) is 13.1. The number of Topliss-reactive ketones (excluding diaryl/α,β-unsaturated/α-hetero) is 1. The largest absolute Gasteiger partial charge is 0.411 e. The van der Waals surface area contributed by atoms with Crippen LogP contribution in [0.15, 0.2) is 66.8 Å². The van der Waals surface area contributed by atoms with Crippen molar-refractivity contribution in [2.24, 2.45) is 23.7 Å². The molecule has 428 valence electrons. The molecule has 0 saturated carbocycles. The van der Waals surface area contributed by atoms with Gasteiger partial charge in [-0.2, -0.15) is 0 Å². The maximum Gasteiger partial charge on any atom is 0.193 e. The molecular weight excluding hydrogens is 985 g/mol. The van der Waals surface area contributed by atoms with Crippen LogP contribution in [-0.4, -0.2) is 114 Å². The van der Waals surface area contributed by atoms with E-state index < -0.39 is 22.6 Å². The molecule has 10 nitrogen and oxygen atoms in total. The lowest BCUT2D eigenvalue weighted by molar-refractivity contribution is -0.251. The zero-order chi connectivity index (χ0) is 55.7. The van der Waals surface area contributed by atoms with Gasteiger partial charge in [0, 0.05) is 43.4 Å². The highest BCUT2D eigenvalue weighted by molar-refractivity contribution is 6.74. The number of allylic oxidation sites excluding steroid dienone is 1. The second-order valence-corrected chi connectivity index (χ2v) is 37.6. The molecule has 6 heterocycles. The van der Waals surface area contributed by atoms with E-state index in [1.54, 1.807) is 0 Å². The minimum absolute atomic E-state index is 0.00250. The topological polar surface area (TPSA) is 108 Å². The Morgan fingerprint density at radius 1 is 0.789 bits per heavy atom. The van der Waals surface area contributed by atoms with E-state index in [0.29, 0.717) is 19.3 Å². The highest BCUT2D eigenvalue weighted by Gasteiger charge is 2.56. The molecule has 0 radical (unpaired) electrons. The highest BCUT2D eigenvalue weighted by atomic mass is 28.4. The van der Waals surface area contributed by atoms with Crippen LogP contribution in [0.4, 0.5) is 0 Å². The van der Waals surface area contributed by atoms with Crippen molar-refractivity contribution in [2.45, 2.75) is 294 Å². The van der Waals surface area contributed by atoms with Gasteiger partial charge < -0.3 is 42.1 Å². The fourth-order valence-corrected chi connectivity index (χ4v) is 15.8. The molecule has 1 aromatic carbocycles. The summed E-state index contributed by atoms with van der Waals surface area (Å²) in [6, 6.07) is 10.5. The van der Waals surface area contributed by atoms with Crippen molar-refractivity contribution in [1.29, 1.82) is 0 Å². The molecule has 76 heavy (non-hydrogen) atoms. The number of aldehydes is 1. The van der Waals surface area contributed by atoms with Gasteiger partial charge in [0.15, 0.2) is 16.6 Å². The Morgan fingerprint density at radius 2 is 1.47 bits per heavy atom. The number of hydrogen-bond donors (Lipinski definition) is 0. The molecule has 6 saturated heterocycles. The third-order valence-electron chi connectivity index (χ3n) is 19.8. The van der Waals surface area contributed by atoms with Crippen LogP contribution < -0.4 is 0 Å². The van der Waals surface area contributed by atoms with Crippen molar-refractivity contribution in [2.75, 3.05) is 0 Å². The second-order valence-electron chi connectivity index (χ2n) is 28.1. The number of carbonyl (C=O) groups is 2. The predicted octanol–water partition coefficient (Wildman–Crippen LogP) is 14.6. The van der Waals surface area contributed by atoms with E-state index in [9.17, 15) is 4.79 Å². The zero-order valence-corrected chi connectivity index (χ0v) is 52.2. The summed E-state index contributed by atoms with van der Waals surface area (Å²) >= 11 is 0. The standard InChI is InChI=1S/C64H104O10Si2/c1-19-24-53(73-75(15,16)62(7,8)9)61-60(74-76(17,18)63(10,11)12)44(6)59-52(71-61)31-29-48(69-59)37-50(66)58(45-25-21-20-22-26-45)57-43(5)54(38-49-32-33-64(13,14)72-49)70-56(57)39-55-42(4)40(2)35-47(68-55)28-30-51-41(3)36-46(67-51)27-23-34-65/h19-22,24-26,34,40,43-44,46-49,51-61H,3-4,23,27-33,35-39H2,1-2,5-18H3/b24-19+/t40-,43+,44+,46+,47+,48-,49-,51+,52?,53+,54-,55-,56+,57-,58?,59-,60+,61+/m1/s1. The van der Waals surface area contributed by atoms with Crippen LogP contribution in [-0.2, 0) is 46.9 Å². The van der Waals surface area contributed by atoms with Gasteiger partial charge in [-0.15, -0.1) is 0 Å². The van der Waals surface area contributed by atoms with Crippen LogP contribution in [0.5, 0.6) is 0 Å². The third kappa shape index (κ3) is 14.5. The van der Waals surface area contributed by atoms with Crippen LogP contribution in [0, 0.1) is 23.7 Å². The van der Waals surface area contributed by atoms with Crippen LogP contribution in [0.2, 0.25) is 36.3 Å². The van der Waals surface area contributed by atoms with E-state index in [0.717, 1.165) is 87.2 Å². The predicted molar refractivity (Wildman–Crippen MR) is 311 cm³/mol. The number of ether oxygens (including phenoxy) is 6. The van der Waals surface area contributed by atoms with E-state index >= 15 is 4.79 Å². The smallest absolute Gasteiger partial charge is 0.193 e. The summed E-state index contributed by atoms with van der Waals surface area (Å²) in [6.45, 7) is 45.4. The summed E-state index contributed by atoms with van der Waals surface area (Å²) in [4.78, 5) is 26.8. The van der Waals surface area contributed by atoms with Gasteiger partial charge >= 0.3 is 0 Å². The fraction of sp³-hybridized carbons (Fsp3) is 0.781. The van der Waals surface area contributed by atoms with Crippen molar-refractivity contribution in [3.8, 4) is 0 Å². The summed E-state index contributed by atoms with van der Waals surface area (Å²) in [6.07, 6.45) is 13.3. The van der Waals surface area contributed by atoms with E-state index in [1.165, 1.54) is 0 Å². The summed E-state index contributed by atoms with van der Waals surface area (Å²) in [5, 5.41) is 0.00596. The first-order chi connectivity index (χ1) is 35.5. The van der Waals surface area contributed by atoms with Gasteiger partial charge in [-0.3, -0.25) is 4.79 Å². The summed E-state index contributed by atoms with van der Waals surface area (Å²) in [5.74, 6) is 0.0119. The van der Waals surface area contributed by atoms with Gasteiger partial charge in [-0.25, -0.2) is 0 Å². The minimum Gasteiger partial charge on any atom is -0.411 e. The van der Waals surface area contributed by atoms with Gasteiger partial charge in [0.1, 0.15) is 18.2 Å². The average molecular weight is 1090 g/mol. The Kier molecular flexibility index (Phi) is 20.2. The van der Waals surface area contributed by atoms with Crippen LogP contribution in [0.1, 0.15) is 178 Å². The summed E-state index contributed by atoms with van der Waals surface area (Å²) < 4.78 is 56.7. The normalized spacial score (nSPS) is 36.4. The summed E-state index contributed by atoms with van der Waals surface area (Å²) in [5.41, 5.74) is 3.08. The molecule has 6 aliphatic heterocycles. The minimum atomic E-state index is -2.30. The van der Waals surface area contributed by atoms with Gasteiger partial charge in [0.2, 0.25) is 0 Å². The zero-order valence-electron chi connectivity index (χ0n) is 50.2. The third-order valence-corrected chi connectivity index (χ3v) is 28.8. The van der Waals surface area contributed by atoms with Crippen molar-refractivity contribution in [1.82, 2.24) is 0 Å². The maximum absolute atomic E-state index is 15.7. The highest BCUT2D eigenvalue weighted by Crippen LogP contribution is 2.51. The van der Waals surface area contributed by atoms with E-state index in [1.807, 2.05) is 6.07 Å². The van der Waals surface area contributed by atoms with Crippen LogP contribution in [0.25, 0.3) is 0 Å². The lowest BCUT2D eigenvalue weighted by atomic mass is 9.70. The maximum atomic E-state index is 15.7. The Balaban J connectivity index is 1.14. The Morgan fingerprint density at radius 3 is 2.11 bits per heavy atom. The van der Waals surface area contributed by atoms with E-state index in [-0.39, 0.29) is 124 Å². The first-order valence-electron chi connectivity index (χ1n) is 29.8. The Hall–Kier alpha value is -2.11. The van der Waals surface area contributed by atoms with E-state index in [4.69, 9.17) is 37.3 Å². The van der Waals surface area contributed by atoms with Gasteiger partial charge in [0.25, 0.3) is 0 Å². The molecule has 2 unspecified atom stereocenters. The number of fused-ring (bicyclic) bond motifs is 1. The number of benzene rings is 1. The molecule has 0 N–H and O–H groups in total. The molecule has 6 aliphatic rings. The second kappa shape index (κ2) is 24.9. The monoisotopic (exact) mass is 1090 g/mol. The quantitative estimate of drug-likeness (QED) is 0.0671. The molecule has 18 atom stereocenters. The molecule has 0 bridgehead atoms. The molecule has 0 amide bonds. The molecule has 0 aliphatic carbocycles. The molecule has 1 aromatic rings.